The number of nitrogens with one attached hydrogen (secondary N) is 1. The Bertz CT molecular complexity index is 584. The molecule has 0 aliphatic carbocycles. The predicted molar refractivity (Wildman–Crippen MR) is 79.7 cm³/mol. The number of methoxy groups -OCH3 is 2. The molecule has 0 saturated heterocycles. The summed E-state index contributed by atoms with van der Waals surface area (Å²) in [6.45, 7) is 2.03. The van der Waals surface area contributed by atoms with Crippen LogP contribution in [-0.4, -0.2) is 19.3 Å². The molecular weight excluding hydrogens is 254 g/mol. The fourth-order valence-corrected chi connectivity index (χ4v) is 2.03. The molecule has 0 aliphatic heterocycles. The first-order valence-electron chi connectivity index (χ1n) is 6.41. The van der Waals surface area contributed by atoms with Crippen LogP contribution in [0.5, 0.6) is 17.2 Å². The van der Waals surface area contributed by atoms with E-state index in [0.29, 0.717) is 0 Å². The number of phenolic OH excluding ortho intramolecular Hbond substituents is 1. The van der Waals surface area contributed by atoms with Gasteiger partial charge in [0.15, 0.2) is 0 Å². The molecule has 0 fully saturated rings. The number of hydrogen-bond donors (Lipinski definition) is 2. The third kappa shape index (κ3) is 3.15. The Morgan fingerprint density at radius 2 is 1.85 bits per heavy atom. The first kappa shape index (κ1) is 14.1. The quantitative estimate of drug-likeness (QED) is 0.874. The monoisotopic (exact) mass is 273 g/mol. The zero-order valence-electron chi connectivity index (χ0n) is 11.9. The third-order valence-electron chi connectivity index (χ3n) is 3.15. The fourth-order valence-electron chi connectivity index (χ4n) is 2.03. The normalized spacial score (nSPS) is 11.8. The molecule has 2 aromatic carbocycles. The van der Waals surface area contributed by atoms with Crippen molar-refractivity contribution in [1.29, 1.82) is 0 Å². The van der Waals surface area contributed by atoms with Crippen molar-refractivity contribution < 1.29 is 14.6 Å². The molecule has 0 amide bonds. The highest BCUT2D eigenvalue weighted by Gasteiger charge is 2.10. The largest absolute Gasteiger partial charge is 0.508 e. The van der Waals surface area contributed by atoms with E-state index < -0.39 is 0 Å². The molecule has 4 nitrogen and oxygen atoms in total. The minimum Gasteiger partial charge on any atom is -0.508 e. The summed E-state index contributed by atoms with van der Waals surface area (Å²) in [6.07, 6.45) is 0. The molecule has 0 heterocycles. The van der Waals surface area contributed by atoms with Crippen molar-refractivity contribution in [2.45, 2.75) is 13.0 Å². The minimum absolute atomic E-state index is 0.0457. The molecule has 0 saturated carbocycles. The smallest absolute Gasteiger partial charge is 0.145 e. The van der Waals surface area contributed by atoms with Gasteiger partial charge in [-0.2, -0.15) is 0 Å². The van der Waals surface area contributed by atoms with Gasteiger partial charge in [-0.1, -0.05) is 12.1 Å². The van der Waals surface area contributed by atoms with E-state index in [1.54, 1.807) is 26.4 Å². The highest BCUT2D eigenvalue weighted by molar-refractivity contribution is 5.60. The second kappa shape index (κ2) is 6.19. The van der Waals surface area contributed by atoms with E-state index in [0.717, 1.165) is 22.7 Å². The second-order valence-corrected chi connectivity index (χ2v) is 4.53. The molecule has 1 unspecified atom stereocenters. The molecule has 0 aromatic heterocycles. The lowest BCUT2D eigenvalue weighted by atomic mass is 10.1. The molecule has 0 radical (unpaired) electrons. The fraction of sp³-hybridized carbons (Fsp3) is 0.250. The topological polar surface area (TPSA) is 50.7 Å². The second-order valence-electron chi connectivity index (χ2n) is 4.53. The summed E-state index contributed by atoms with van der Waals surface area (Å²) in [5.41, 5.74) is 1.88. The molecule has 0 aliphatic rings. The van der Waals surface area contributed by atoms with Crippen LogP contribution in [0, 0.1) is 0 Å². The van der Waals surface area contributed by atoms with Crippen molar-refractivity contribution in [2.24, 2.45) is 0 Å². The van der Waals surface area contributed by atoms with Crippen LogP contribution in [0.15, 0.2) is 42.5 Å². The Hall–Kier alpha value is -2.36. The molecule has 2 aromatic rings. The summed E-state index contributed by atoms with van der Waals surface area (Å²) in [5, 5.41) is 12.9. The summed E-state index contributed by atoms with van der Waals surface area (Å²) >= 11 is 0. The Balaban J connectivity index is 2.21. The van der Waals surface area contributed by atoms with E-state index in [9.17, 15) is 5.11 Å². The van der Waals surface area contributed by atoms with E-state index in [4.69, 9.17) is 9.47 Å². The minimum atomic E-state index is 0.0457. The SMILES string of the molecule is COc1ccc(NC(C)c2cccc(O)c2)c(OC)c1. The molecule has 2 rings (SSSR count). The number of hydrogen-bond acceptors (Lipinski definition) is 4. The van der Waals surface area contributed by atoms with Gasteiger partial charge in [-0.3, -0.25) is 0 Å². The number of ether oxygens (including phenoxy) is 2. The van der Waals surface area contributed by atoms with Crippen LogP contribution in [0.2, 0.25) is 0 Å². The Morgan fingerprint density at radius 3 is 2.50 bits per heavy atom. The van der Waals surface area contributed by atoms with E-state index in [-0.39, 0.29) is 11.8 Å². The van der Waals surface area contributed by atoms with Gasteiger partial charge in [0, 0.05) is 12.1 Å². The number of phenols is 1. The predicted octanol–water partition coefficient (Wildman–Crippen LogP) is 3.58. The van der Waals surface area contributed by atoms with Crippen molar-refractivity contribution in [1.82, 2.24) is 0 Å². The van der Waals surface area contributed by atoms with Gasteiger partial charge in [-0.15, -0.1) is 0 Å². The maximum absolute atomic E-state index is 9.53. The molecule has 0 bridgehead atoms. The van der Waals surface area contributed by atoms with Gasteiger partial charge in [-0.25, -0.2) is 0 Å². The summed E-state index contributed by atoms with van der Waals surface area (Å²) in [6, 6.07) is 12.9. The Morgan fingerprint density at radius 1 is 1.05 bits per heavy atom. The molecule has 4 heteroatoms. The molecule has 1 atom stereocenters. The number of anilines is 1. The van der Waals surface area contributed by atoms with Gasteiger partial charge in [-0.05, 0) is 36.8 Å². The van der Waals surface area contributed by atoms with Gasteiger partial charge in [0.1, 0.15) is 17.2 Å². The van der Waals surface area contributed by atoms with E-state index >= 15 is 0 Å². The highest BCUT2D eigenvalue weighted by atomic mass is 16.5. The van der Waals surface area contributed by atoms with Crippen LogP contribution in [0.25, 0.3) is 0 Å². The average molecular weight is 273 g/mol. The van der Waals surface area contributed by atoms with Gasteiger partial charge < -0.3 is 19.9 Å². The van der Waals surface area contributed by atoms with Crippen LogP contribution in [0.4, 0.5) is 5.69 Å². The van der Waals surface area contributed by atoms with Gasteiger partial charge >= 0.3 is 0 Å². The van der Waals surface area contributed by atoms with Crippen LogP contribution >= 0.6 is 0 Å². The zero-order valence-corrected chi connectivity index (χ0v) is 11.9. The number of aromatic hydroxyl groups is 1. The molecular formula is C16H19NO3. The van der Waals surface area contributed by atoms with Crippen LogP contribution < -0.4 is 14.8 Å². The summed E-state index contributed by atoms with van der Waals surface area (Å²) in [5.74, 6) is 1.73. The van der Waals surface area contributed by atoms with Crippen molar-refractivity contribution in [3.05, 3.63) is 48.0 Å². The van der Waals surface area contributed by atoms with Crippen molar-refractivity contribution >= 4 is 5.69 Å². The van der Waals surface area contributed by atoms with E-state index in [2.05, 4.69) is 5.32 Å². The van der Waals surface area contributed by atoms with Crippen molar-refractivity contribution in [3.8, 4) is 17.2 Å². The number of rotatable bonds is 5. The van der Waals surface area contributed by atoms with Crippen molar-refractivity contribution in [3.63, 3.8) is 0 Å². The number of benzene rings is 2. The molecule has 106 valence electrons. The van der Waals surface area contributed by atoms with Crippen LogP contribution in [0.3, 0.4) is 0 Å². The highest BCUT2D eigenvalue weighted by Crippen LogP contribution is 2.32. The third-order valence-corrected chi connectivity index (χ3v) is 3.15. The van der Waals surface area contributed by atoms with E-state index in [1.807, 2.05) is 37.3 Å². The maximum Gasteiger partial charge on any atom is 0.145 e. The average Bonchev–Trinajstić information content (AvgIpc) is 2.47. The van der Waals surface area contributed by atoms with E-state index in [1.165, 1.54) is 0 Å². The van der Waals surface area contributed by atoms with Gasteiger partial charge in [0.05, 0.1) is 19.9 Å². The lowest BCUT2D eigenvalue weighted by Gasteiger charge is -2.18. The summed E-state index contributed by atoms with van der Waals surface area (Å²) in [4.78, 5) is 0. The van der Waals surface area contributed by atoms with Gasteiger partial charge in [0.2, 0.25) is 0 Å². The Kier molecular flexibility index (Phi) is 4.35. The zero-order chi connectivity index (χ0) is 14.5. The lowest BCUT2D eigenvalue weighted by Crippen LogP contribution is -2.07. The first-order valence-corrected chi connectivity index (χ1v) is 6.41. The molecule has 2 N–H and O–H groups in total. The van der Waals surface area contributed by atoms with Crippen molar-refractivity contribution in [2.75, 3.05) is 19.5 Å². The van der Waals surface area contributed by atoms with Crippen LogP contribution in [-0.2, 0) is 0 Å². The summed E-state index contributed by atoms with van der Waals surface area (Å²) < 4.78 is 10.5. The first-order chi connectivity index (χ1) is 9.63. The standard InChI is InChI=1S/C16H19NO3/c1-11(12-5-4-6-13(18)9-12)17-15-8-7-14(19-2)10-16(15)20-3/h4-11,17-18H,1-3H3. The lowest BCUT2D eigenvalue weighted by molar-refractivity contribution is 0.395. The van der Waals surface area contributed by atoms with Crippen LogP contribution in [0.1, 0.15) is 18.5 Å². The summed E-state index contributed by atoms with van der Waals surface area (Å²) in [7, 11) is 3.25. The molecule has 0 spiro atoms. The van der Waals surface area contributed by atoms with Gasteiger partial charge in [0.25, 0.3) is 0 Å². The Labute approximate surface area is 119 Å². The maximum atomic E-state index is 9.53. The molecule has 20 heavy (non-hydrogen) atoms.